The summed E-state index contributed by atoms with van der Waals surface area (Å²) in [6.07, 6.45) is 6.08. The lowest BCUT2D eigenvalue weighted by atomic mass is 10.0. The van der Waals surface area contributed by atoms with E-state index in [-0.39, 0.29) is 5.91 Å². The number of halogens is 1. The Hall–Kier alpha value is -2.15. The van der Waals surface area contributed by atoms with E-state index in [1.54, 1.807) is 0 Å². The summed E-state index contributed by atoms with van der Waals surface area (Å²) in [4.78, 5) is 12.8. The van der Waals surface area contributed by atoms with Gasteiger partial charge in [0.15, 0.2) is 0 Å². The summed E-state index contributed by atoms with van der Waals surface area (Å²) in [5, 5.41) is 10.1. The number of nitrogens with zero attached hydrogens (tertiary/aromatic N) is 2. The summed E-state index contributed by atoms with van der Waals surface area (Å²) >= 11 is 5.99. The largest absolute Gasteiger partial charge is 0.379 e. The maximum atomic E-state index is 12.8. The molecule has 1 amide bonds. The third-order valence-electron chi connectivity index (χ3n) is 5.00. The molecule has 0 bridgehead atoms. The van der Waals surface area contributed by atoms with Gasteiger partial charge in [0.1, 0.15) is 5.69 Å². The number of amides is 1. The van der Waals surface area contributed by atoms with Crippen LogP contribution in [0.25, 0.3) is 11.6 Å². The van der Waals surface area contributed by atoms with Crippen LogP contribution in [0, 0.1) is 0 Å². The maximum absolute atomic E-state index is 12.8. The highest BCUT2D eigenvalue weighted by Crippen LogP contribution is 2.31. The van der Waals surface area contributed by atoms with Crippen LogP contribution in [0.3, 0.4) is 0 Å². The van der Waals surface area contributed by atoms with Gasteiger partial charge in [-0.3, -0.25) is 15.3 Å². The minimum Gasteiger partial charge on any atom is -0.379 e. The Morgan fingerprint density at radius 1 is 1.19 bits per heavy atom. The topological polar surface area (TPSA) is 70.2 Å². The van der Waals surface area contributed by atoms with Crippen molar-refractivity contribution in [1.29, 1.82) is 0 Å². The zero-order valence-electron chi connectivity index (χ0n) is 15.1. The fourth-order valence-corrected chi connectivity index (χ4v) is 3.70. The summed E-state index contributed by atoms with van der Waals surface area (Å²) in [5.74, 6) is -0.126. The van der Waals surface area contributed by atoms with Crippen LogP contribution in [0.1, 0.15) is 46.6 Å². The molecule has 0 unspecified atom stereocenters. The molecule has 142 valence electrons. The summed E-state index contributed by atoms with van der Waals surface area (Å²) in [6.45, 7) is 2.66. The van der Waals surface area contributed by atoms with Gasteiger partial charge in [-0.2, -0.15) is 5.10 Å². The van der Waals surface area contributed by atoms with Gasteiger partial charge in [-0.05, 0) is 55.0 Å². The average molecular weight is 387 g/mol. The molecule has 2 aliphatic rings. The summed E-state index contributed by atoms with van der Waals surface area (Å²) < 4.78 is 5.33. The number of hydrogen-bond donors (Lipinski definition) is 2. The average Bonchev–Trinajstić information content (AvgIpc) is 3.01. The van der Waals surface area contributed by atoms with Crippen LogP contribution in [0.2, 0.25) is 5.02 Å². The molecule has 2 aromatic rings. The number of allylic oxidation sites excluding steroid dienone is 1. The summed E-state index contributed by atoms with van der Waals surface area (Å²) in [6, 6.07) is 7.77. The fraction of sp³-hybridized carbons (Fsp3) is 0.400. The Morgan fingerprint density at radius 3 is 2.70 bits per heavy atom. The van der Waals surface area contributed by atoms with E-state index in [0.29, 0.717) is 32.0 Å². The number of nitrogens with one attached hydrogen (secondary N) is 2. The quantitative estimate of drug-likeness (QED) is 0.794. The summed E-state index contributed by atoms with van der Waals surface area (Å²) in [5.41, 5.74) is 7.71. The number of morpholine rings is 1. The van der Waals surface area contributed by atoms with Gasteiger partial charge in [-0.15, -0.1) is 0 Å². The smallest absolute Gasteiger partial charge is 0.283 e. The zero-order valence-corrected chi connectivity index (χ0v) is 15.9. The molecule has 1 aliphatic carbocycles. The van der Waals surface area contributed by atoms with Crippen molar-refractivity contribution < 1.29 is 9.53 Å². The summed E-state index contributed by atoms with van der Waals surface area (Å²) in [7, 11) is 0. The van der Waals surface area contributed by atoms with Crippen molar-refractivity contribution in [2.45, 2.75) is 25.7 Å². The number of fused-ring (bicyclic) bond motifs is 1. The van der Waals surface area contributed by atoms with E-state index < -0.39 is 0 Å². The van der Waals surface area contributed by atoms with E-state index in [0.717, 1.165) is 53.1 Å². The number of rotatable bonds is 3. The van der Waals surface area contributed by atoms with Gasteiger partial charge in [-0.1, -0.05) is 23.7 Å². The van der Waals surface area contributed by atoms with Crippen molar-refractivity contribution in [3.8, 4) is 0 Å². The highest BCUT2D eigenvalue weighted by Gasteiger charge is 2.24. The minimum atomic E-state index is -0.126. The third-order valence-corrected chi connectivity index (χ3v) is 5.25. The molecule has 0 spiro atoms. The van der Waals surface area contributed by atoms with Crippen molar-refractivity contribution in [2.24, 2.45) is 0 Å². The molecule has 6 nitrogen and oxygen atoms in total. The predicted octanol–water partition coefficient (Wildman–Crippen LogP) is 3.31. The molecule has 1 fully saturated rings. The Bertz CT molecular complexity index is 838. The van der Waals surface area contributed by atoms with E-state index in [9.17, 15) is 4.79 Å². The first-order valence-corrected chi connectivity index (χ1v) is 9.76. The first-order chi connectivity index (χ1) is 13.2. The number of carbonyl (C=O) groups excluding carboxylic acids is 1. The van der Waals surface area contributed by atoms with Gasteiger partial charge in [0.05, 0.1) is 18.9 Å². The first kappa shape index (κ1) is 18.2. The second-order valence-electron chi connectivity index (χ2n) is 6.89. The molecule has 2 N–H and O–H groups in total. The molecule has 1 aromatic carbocycles. The first-order valence-electron chi connectivity index (χ1n) is 9.38. The number of carbonyl (C=O) groups is 1. The number of benzene rings is 1. The van der Waals surface area contributed by atoms with E-state index >= 15 is 0 Å². The molecule has 1 saturated heterocycles. The minimum absolute atomic E-state index is 0.126. The molecule has 7 heteroatoms. The Labute approximate surface area is 163 Å². The van der Waals surface area contributed by atoms with Crippen LogP contribution in [0.5, 0.6) is 0 Å². The molecule has 4 rings (SSSR count). The maximum Gasteiger partial charge on any atom is 0.283 e. The van der Waals surface area contributed by atoms with Crippen LogP contribution >= 0.6 is 11.6 Å². The highest BCUT2D eigenvalue weighted by atomic mass is 35.5. The molecular weight excluding hydrogens is 364 g/mol. The van der Waals surface area contributed by atoms with E-state index in [1.165, 1.54) is 0 Å². The van der Waals surface area contributed by atoms with Crippen molar-refractivity contribution in [3.05, 3.63) is 51.8 Å². The van der Waals surface area contributed by atoms with E-state index in [4.69, 9.17) is 16.3 Å². The van der Waals surface area contributed by atoms with Gasteiger partial charge in [-0.25, -0.2) is 5.01 Å². The van der Waals surface area contributed by atoms with Gasteiger partial charge in [0, 0.05) is 23.7 Å². The molecule has 0 radical (unpaired) electrons. The van der Waals surface area contributed by atoms with Gasteiger partial charge in [0.2, 0.25) is 0 Å². The number of aromatic amines is 1. The number of hydrazine groups is 1. The molecule has 0 atom stereocenters. The van der Waals surface area contributed by atoms with E-state index in [2.05, 4.69) is 21.7 Å². The molecule has 27 heavy (non-hydrogen) atoms. The fourth-order valence-electron chi connectivity index (χ4n) is 3.57. The molecular formula is C20H23ClN4O2. The van der Waals surface area contributed by atoms with Gasteiger partial charge >= 0.3 is 0 Å². The monoisotopic (exact) mass is 386 g/mol. The van der Waals surface area contributed by atoms with E-state index in [1.807, 2.05) is 29.3 Å². The van der Waals surface area contributed by atoms with Crippen molar-refractivity contribution in [3.63, 3.8) is 0 Å². The Morgan fingerprint density at radius 2 is 1.93 bits per heavy atom. The second-order valence-corrected chi connectivity index (χ2v) is 7.33. The SMILES string of the molecule is O=C(NN1CCOCC1)c1[nH]nc2c1CCCCC2=Cc1ccc(Cl)cc1. The lowest BCUT2D eigenvalue weighted by molar-refractivity contribution is 0.0124. The lowest BCUT2D eigenvalue weighted by Gasteiger charge is -2.26. The molecule has 1 aliphatic heterocycles. The normalized spacial score (nSPS) is 19.5. The van der Waals surface area contributed by atoms with Gasteiger partial charge < -0.3 is 4.74 Å². The number of aromatic nitrogens is 2. The lowest BCUT2D eigenvalue weighted by Crippen LogP contribution is -2.48. The molecule has 2 heterocycles. The van der Waals surface area contributed by atoms with Gasteiger partial charge in [0.25, 0.3) is 5.91 Å². The van der Waals surface area contributed by atoms with Crippen LogP contribution in [0.4, 0.5) is 0 Å². The third kappa shape index (κ3) is 4.24. The van der Waals surface area contributed by atoms with Crippen LogP contribution in [-0.2, 0) is 11.2 Å². The number of ether oxygens (including phenoxy) is 1. The Kier molecular flexibility index (Phi) is 5.57. The predicted molar refractivity (Wildman–Crippen MR) is 105 cm³/mol. The molecule has 0 saturated carbocycles. The zero-order chi connectivity index (χ0) is 18.6. The highest BCUT2D eigenvalue weighted by molar-refractivity contribution is 6.30. The van der Waals surface area contributed by atoms with Crippen LogP contribution in [-0.4, -0.2) is 47.4 Å². The standard InChI is InChI=1S/C20H23ClN4O2/c21-16-7-5-14(6-8-16)13-15-3-1-2-4-17-18(15)22-23-19(17)20(26)24-25-9-11-27-12-10-25/h5-8,13H,1-4,9-12H2,(H,22,23)(H,24,26). The van der Waals surface area contributed by atoms with Crippen LogP contribution in [0.15, 0.2) is 24.3 Å². The molecule has 1 aromatic heterocycles. The van der Waals surface area contributed by atoms with Crippen molar-refractivity contribution in [2.75, 3.05) is 26.3 Å². The number of H-pyrrole nitrogens is 1. The Balaban J connectivity index is 1.59. The second kappa shape index (κ2) is 8.25. The van der Waals surface area contributed by atoms with Crippen molar-refractivity contribution >= 4 is 29.2 Å². The number of hydrogen-bond acceptors (Lipinski definition) is 4. The van der Waals surface area contributed by atoms with Crippen LogP contribution < -0.4 is 5.43 Å². The van der Waals surface area contributed by atoms with Crippen molar-refractivity contribution in [1.82, 2.24) is 20.6 Å².